The lowest BCUT2D eigenvalue weighted by Crippen LogP contribution is -2.32. The molecule has 3 aromatic rings. The average Bonchev–Trinajstić information content (AvgIpc) is 3.42. The molecule has 1 fully saturated rings. The maximum atomic E-state index is 13.7. The number of hydrogen-bond donors (Lipinski definition) is 0. The standard InChI is InChI=1S/C26H23ClF2N4O/c1-2-32-15-22(27)24(30-32)26(34)33-25(17-8-12-20(29)13-9-17)21-5-3-4-18(23(21)31-33)14-16-6-10-19(28)11-7-16/h6-15,21,25H,2-5H2,1H3/b18-14+/t21-,25-/m1/s1. The molecule has 34 heavy (non-hydrogen) atoms. The highest BCUT2D eigenvalue weighted by molar-refractivity contribution is 6.33. The van der Waals surface area contributed by atoms with Crippen LogP contribution in [0.5, 0.6) is 0 Å². The Bertz CT molecular complexity index is 1280. The molecular weight excluding hydrogens is 458 g/mol. The number of hydrazone groups is 1. The van der Waals surface area contributed by atoms with Crippen LogP contribution in [0.2, 0.25) is 5.02 Å². The minimum atomic E-state index is -0.400. The number of halogens is 3. The van der Waals surface area contributed by atoms with E-state index in [4.69, 9.17) is 16.7 Å². The molecule has 1 aromatic heterocycles. The third-order valence-electron chi connectivity index (χ3n) is 6.38. The number of nitrogens with zero attached hydrogens (tertiary/aromatic N) is 4. The third-order valence-corrected chi connectivity index (χ3v) is 6.65. The van der Waals surface area contributed by atoms with Gasteiger partial charge < -0.3 is 0 Å². The number of amides is 1. The molecule has 2 aliphatic rings. The van der Waals surface area contributed by atoms with Gasteiger partial charge in [0, 0.05) is 18.7 Å². The summed E-state index contributed by atoms with van der Waals surface area (Å²) in [7, 11) is 0. The van der Waals surface area contributed by atoms with Crippen LogP contribution in [-0.2, 0) is 6.54 Å². The van der Waals surface area contributed by atoms with Crippen molar-refractivity contribution in [1.82, 2.24) is 14.8 Å². The van der Waals surface area contributed by atoms with Gasteiger partial charge in [-0.05, 0) is 73.2 Å². The van der Waals surface area contributed by atoms with Gasteiger partial charge in [-0.15, -0.1) is 0 Å². The smallest absolute Gasteiger partial charge is 0.271 e. The van der Waals surface area contributed by atoms with E-state index in [0.717, 1.165) is 41.7 Å². The summed E-state index contributed by atoms with van der Waals surface area (Å²) in [5.74, 6) is -1.08. The predicted octanol–water partition coefficient (Wildman–Crippen LogP) is 6.27. The number of rotatable bonds is 4. The van der Waals surface area contributed by atoms with Crippen LogP contribution in [0, 0.1) is 17.6 Å². The Morgan fingerprint density at radius 3 is 2.44 bits per heavy atom. The second-order valence-corrected chi connectivity index (χ2v) is 8.94. The molecule has 8 heteroatoms. The van der Waals surface area contributed by atoms with Crippen molar-refractivity contribution in [3.8, 4) is 0 Å². The molecule has 1 saturated carbocycles. The molecule has 2 atom stereocenters. The van der Waals surface area contributed by atoms with Gasteiger partial charge in [-0.25, -0.2) is 13.8 Å². The number of carbonyl (C=O) groups is 1. The van der Waals surface area contributed by atoms with Gasteiger partial charge in [-0.1, -0.05) is 35.9 Å². The van der Waals surface area contributed by atoms with Crippen LogP contribution in [0.15, 0.2) is 65.4 Å². The third kappa shape index (κ3) is 4.16. The van der Waals surface area contributed by atoms with Crippen LogP contribution in [0.1, 0.15) is 53.8 Å². The maximum Gasteiger partial charge on any atom is 0.296 e. The second kappa shape index (κ2) is 9.14. The maximum absolute atomic E-state index is 13.7. The number of aryl methyl sites for hydroxylation is 1. The van der Waals surface area contributed by atoms with Gasteiger partial charge in [-0.3, -0.25) is 9.48 Å². The highest BCUT2D eigenvalue weighted by atomic mass is 35.5. The predicted molar refractivity (Wildman–Crippen MR) is 127 cm³/mol. The van der Waals surface area contributed by atoms with Gasteiger partial charge in [0.15, 0.2) is 5.69 Å². The van der Waals surface area contributed by atoms with Crippen molar-refractivity contribution in [3.63, 3.8) is 0 Å². The lowest BCUT2D eigenvalue weighted by molar-refractivity contribution is 0.0674. The fourth-order valence-corrected chi connectivity index (χ4v) is 4.97. The van der Waals surface area contributed by atoms with Crippen LogP contribution < -0.4 is 0 Å². The van der Waals surface area contributed by atoms with E-state index in [-0.39, 0.29) is 28.3 Å². The Morgan fingerprint density at radius 2 is 1.79 bits per heavy atom. The summed E-state index contributed by atoms with van der Waals surface area (Å²) in [6.45, 7) is 2.49. The first-order valence-corrected chi connectivity index (χ1v) is 11.7. The van der Waals surface area contributed by atoms with Gasteiger partial charge in [0.25, 0.3) is 5.91 Å². The molecule has 174 valence electrons. The van der Waals surface area contributed by atoms with Crippen molar-refractivity contribution < 1.29 is 13.6 Å². The average molecular weight is 481 g/mol. The summed E-state index contributed by atoms with van der Waals surface area (Å²) in [5.41, 5.74) is 3.64. The minimum absolute atomic E-state index is 0.0538. The van der Waals surface area contributed by atoms with E-state index in [1.807, 2.05) is 13.0 Å². The molecule has 2 heterocycles. The van der Waals surface area contributed by atoms with E-state index in [0.29, 0.717) is 6.54 Å². The van der Waals surface area contributed by atoms with Crippen molar-refractivity contribution in [1.29, 1.82) is 0 Å². The molecule has 0 saturated heterocycles. The van der Waals surface area contributed by atoms with E-state index in [1.54, 1.807) is 35.1 Å². The van der Waals surface area contributed by atoms with Crippen LogP contribution in [-0.4, -0.2) is 26.4 Å². The summed E-state index contributed by atoms with van der Waals surface area (Å²) in [4.78, 5) is 13.6. The lowest BCUT2D eigenvalue weighted by atomic mass is 9.77. The molecule has 5 nitrogen and oxygen atoms in total. The number of benzene rings is 2. The van der Waals surface area contributed by atoms with Gasteiger partial charge in [0.05, 0.1) is 16.8 Å². The van der Waals surface area contributed by atoms with Crippen LogP contribution in [0.3, 0.4) is 0 Å². The van der Waals surface area contributed by atoms with Gasteiger partial charge in [0.2, 0.25) is 0 Å². The lowest BCUT2D eigenvalue weighted by Gasteiger charge is -2.29. The first-order chi connectivity index (χ1) is 16.4. The van der Waals surface area contributed by atoms with E-state index in [9.17, 15) is 13.6 Å². The Balaban J connectivity index is 1.58. The van der Waals surface area contributed by atoms with Gasteiger partial charge in [-0.2, -0.15) is 10.2 Å². The summed E-state index contributed by atoms with van der Waals surface area (Å²) in [6.07, 6.45) is 6.18. The molecule has 1 aliphatic carbocycles. The highest BCUT2D eigenvalue weighted by Gasteiger charge is 2.44. The molecule has 0 unspecified atom stereocenters. The number of allylic oxidation sites excluding steroid dienone is 1. The molecule has 0 bridgehead atoms. The Hall–Kier alpha value is -3.32. The first-order valence-electron chi connectivity index (χ1n) is 11.3. The summed E-state index contributed by atoms with van der Waals surface area (Å²) in [5, 5.41) is 10.9. The van der Waals surface area contributed by atoms with Crippen LogP contribution >= 0.6 is 11.6 Å². The minimum Gasteiger partial charge on any atom is -0.271 e. The van der Waals surface area contributed by atoms with E-state index >= 15 is 0 Å². The molecule has 0 N–H and O–H groups in total. The zero-order chi connectivity index (χ0) is 23.8. The Kier molecular flexibility index (Phi) is 6.04. The highest BCUT2D eigenvalue weighted by Crippen LogP contribution is 2.45. The number of carbonyl (C=O) groups excluding carboxylic acids is 1. The van der Waals surface area contributed by atoms with E-state index < -0.39 is 11.9 Å². The monoisotopic (exact) mass is 480 g/mol. The van der Waals surface area contributed by atoms with Gasteiger partial charge in [0.1, 0.15) is 11.6 Å². The van der Waals surface area contributed by atoms with Crippen molar-refractivity contribution in [3.05, 3.63) is 93.8 Å². The van der Waals surface area contributed by atoms with Gasteiger partial charge >= 0.3 is 0 Å². The number of hydrogen-bond acceptors (Lipinski definition) is 3. The largest absolute Gasteiger partial charge is 0.296 e. The zero-order valence-corrected chi connectivity index (χ0v) is 19.3. The number of aromatic nitrogens is 2. The Labute approximate surface area is 201 Å². The van der Waals surface area contributed by atoms with Crippen molar-refractivity contribution in [2.75, 3.05) is 0 Å². The normalized spacial score (nSPS) is 21.0. The van der Waals surface area contributed by atoms with Crippen molar-refractivity contribution in [2.45, 2.75) is 38.8 Å². The summed E-state index contributed by atoms with van der Waals surface area (Å²) in [6, 6.07) is 12.1. The van der Waals surface area contributed by atoms with Crippen molar-refractivity contribution >= 4 is 29.3 Å². The topological polar surface area (TPSA) is 50.5 Å². The molecule has 0 radical (unpaired) electrons. The fourth-order valence-electron chi connectivity index (χ4n) is 4.73. The van der Waals surface area contributed by atoms with E-state index in [2.05, 4.69) is 5.10 Å². The van der Waals surface area contributed by atoms with Crippen LogP contribution in [0.25, 0.3) is 6.08 Å². The molecule has 1 amide bonds. The zero-order valence-electron chi connectivity index (χ0n) is 18.6. The first kappa shape index (κ1) is 22.5. The SMILES string of the molecule is CCn1cc(Cl)c(C(=O)N2N=C3/C(=C/c4ccc(F)cc4)CCC[C@H]3[C@H]2c2ccc(F)cc2)n1. The van der Waals surface area contributed by atoms with E-state index in [1.165, 1.54) is 29.3 Å². The summed E-state index contributed by atoms with van der Waals surface area (Å²) < 4.78 is 28.7. The molecule has 1 aliphatic heterocycles. The summed E-state index contributed by atoms with van der Waals surface area (Å²) >= 11 is 6.34. The molecular formula is C26H23ClF2N4O. The molecule has 2 aromatic carbocycles. The number of fused-ring (bicyclic) bond motifs is 1. The second-order valence-electron chi connectivity index (χ2n) is 8.53. The molecule has 0 spiro atoms. The quantitative estimate of drug-likeness (QED) is 0.441. The molecule has 5 rings (SSSR count). The van der Waals surface area contributed by atoms with Crippen molar-refractivity contribution in [2.24, 2.45) is 11.0 Å². The fraction of sp³-hybridized carbons (Fsp3) is 0.269. The Morgan fingerprint density at radius 1 is 1.12 bits per heavy atom. The van der Waals surface area contributed by atoms with Crippen LogP contribution in [0.4, 0.5) is 8.78 Å².